The third-order valence-corrected chi connectivity index (χ3v) is 6.19. The second kappa shape index (κ2) is 8.94. The molecule has 2 aromatic heterocycles. The second-order valence-corrected chi connectivity index (χ2v) is 8.54. The van der Waals surface area contributed by atoms with Gasteiger partial charge in [0, 0.05) is 23.6 Å². The highest BCUT2D eigenvalue weighted by Gasteiger charge is 2.14. The van der Waals surface area contributed by atoms with Gasteiger partial charge in [0.1, 0.15) is 0 Å². The molecule has 10 heteroatoms. The van der Waals surface area contributed by atoms with Gasteiger partial charge in [-0.05, 0) is 31.2 Å². The minimum absolute atomic E-state index is 0.125. The molecule has 158 valence electrons. The summed E-state index contributed by atoms with van der Waals surface area (Å²) in [6.07, 6.45) is 0. The largest absolute Gasteiger partial charge is 0.305 e. The van der Waals surface area contributed by atoms with Crippen LogP contribution in [0.1, 0.15) is 5.56 Å². The first-order valence-corrected chi connectivity index (χ1v) is 11.1. The first-order chi connectivity index (χ1) is 14.9. The van der Waals surface area contributed by atoms with Gasteiger partial charge >= 0.3 is 0 Å². The van der Waals surface area contributed by atoms with E-state index in [0.29, 0.717) is 21.5 Å². The average Bonchev–Trinajstić information content (AvgIpc) is 3.35. The van der Waals surface area contributed by atoms with E-state index in [4.69, 9.17) is 0 Å². The highest BCUT2D eigenvalue weighted by Crippen LogP contribution is 2.27. The number of nitrogens with zero attached hydrogens (tertiary/aromatic N) is 4. The number of thiazole rings is 1. The molecule has 0 aliphatic rings. The van der Waals surface area contributed by atoms with Crippen molar-refractivity contribution in [2.24, 2.45) is 7.05 Å². The molecule has 0 aliphatic heterocycles. The van der Waals surface area contributed by atoms with Crippen LogP contribution in [0, 0.1) is 18.6 Å². The summed E-state index contributed by atoms with van der Waals surface area (Å²) in [5, 5.41) is 13.8. The van der Waals surface area contributed by atoms with E-state index in [9.17, 15) is 13.6 Å². The quantitative estimate of drug-likeness (QED) is 0.416. The Morgan fingerprint density at radius 2 is 1.97 bits per heavy atom. The van der Waals surface area contributed by atoms with E-state index in [1.54, 1.807) is 5.38 Å². The second-order valence-electron chi connectivity index (χ2n) is 6.74. The minimum atomic E-state index is -0.943. The molecule has 0 bridgehead atoms. The molecule has 0 fully saturated rings. The van der Waals surface area contributed by atoms with Crippen LogP contribution in [0.15, 0.2) is 53.0 Å². The van der Waals surface area contributed by atoms with Crippen molar-refractivity contribution in [3.63, 3.8) is 0 Å². The smallest absolute Gasteiger partial charge is 0.236 e. The van der Waals surface area contributed by atoms with E-state index in [0.717, 1.165) is 29.1 Å². The van der Waals surface area contributed by atoms with Crippen molar-refractivity contribution in [1.82, 2.24) is 19.7 Å². The van der Waals surface area contributed by atoms with Gasteiger partial charge in [-0.1, -0.05) is 35.5 Å². The van der Waals surface area contributed by atoms with Gasteiger partial charge < -0.3 is 9.88 Å². The monoisotopic (exact) mass is 457 g/mol. The average molecular weight is 458 g/mol. The zero-order chi connectivity index (χ0) is 22.0. The predicted octanol–water partition coefficient (Wildman–Crippen LogP) is 4.92. The molecular weight excluding hydrogens is 440 g/mol. The van der Waals surface area contributed by atoms with Gasteiger partial charge in [0.05, 0.1) is 11.4 Å². The molecular formula is C21H17F2N5OS2. The van der Waals surface area contributed by atoms with Gasteiger partial charge in [0.25, 0.3) is 0 Å². The van der Waals surface area contributed by atoms with Crippen molar-refractivity contribution in [2.75, 3.05) is 11.1 Å². The first kappa shape index (κ1) is 21.1. The molecule has 4 rings (SSSR count). The lowest BCUT2D eigenvalue weighted by molar-refractivity contribution is -0.113. The molecule has 0 atom stereocenters. The van der Waals surface area contributed by atoms with Gasteiger partial charge in [-0.15, -0.1) is 21.5 Å². The van der Waals surface area contributed by atoms with Crippen LogP contribution in [0.3, 0.4) is 0 Å². The third kappa shape index (κ3) is 4.80. The molecule has 2 aromatic carbocycles. The van der Waals surface area contributed by atoms with E-state index in [1.807, 2.05) is 42.8 Å². The number of halogens is 2. The number of thioether (sulfide) groups is 1. The van der Waals surface area contributed by atoms with Gasteiger partial charge in [0.2, 0.25) is 5.91 Å². The molecule has 0 saturated carbocycles. The minimum Gasteiger partial charge on any atom is -0.305 e. The number of benzene rings is 2. The summed E-state index contributed by atoms with van der Waals surface area (Å²) in [7, 11) is 1.85. The first-order valence-electron chi connectivity index (χ1n) is 9.21. The van der Waals surface area contributed by atoms with E-state index >= 15 is 0 Å². The number of anilines is 1. The number of carbonyl (C=O) groups excluding carboxylic acids is 1. The van der Waals surface area contributed by atoms with Crippen molar-refractivity contribution < 1.29 is 13.6 Å². The topological polar surface area (TPSA) is 72.7 Å². The maximum Gasteiger partial charge on any atom is 0.236 e. The fraction of sp³-hybridized carbons (Fsp3) is 0.143. The van der Waals surface area contributed by atoms with Crippen LogP contribution < -0.4 is 5.32 Å². The van der Waals surface area contributed by atoms with Gasteiger partial charge in [0.15, 0.2) is 27.7 Å². The van der Waals surface area contributed by atoms with E-state index < -0.39 is 11.6 Å². The molecule has 0 radical (unpaired) electrons. The summed E-state index contributed by atoms with van der Waals surface area (Å²) in [6, 6.07) is 11.5. The Kier molecular flexibility index (Phi) is 6.10. The third-order valence-electron chi connectivity index (χ3n) is 4.41. The summed E-state index contributed by atoms with van der Waals surface area (Å²) < 4.78 is 28.4. The Labute approximate surface area is 185 Å². The molecule has 0 unspecified atom stereocenters. The zero-order valence-electron chi connectivity index (χ0n) is 16.6. The Bertz CT molecular complexity index is 1250. The Balaban J connectivity index is 1.38. The Hall–Kier alpha value is -3.11. The molecule has 4 aromatic rings. The van der Waals surface area contributed by atoms with Gasteiger partial charge in [-0.25, -0.2) is 13.8 Å². The Morgan fingerprint density at radius 1 is 1.13 bits per heavy atom. The van der Waals surface area contributed by atoms with Crippen LogP contribution in [-0.4, -0.2) is 31.4 Å². The molecule has 0 spiro atoms. The molecule has 2 heterocycles. The van der Waals surface area contributed by atoms with Crippen molar-refractivity contribution in [2.45, 2.75) is 12.1 Å². The lowest BCUT2D eigenvalue weighted by Crippen LogP contribution is -2.14. The SMILES string of the molecule is Cc1cccc(-c2nnc(SCC(=O)Nc3nc(-c4ccc(F)c(F)c4)cs3)n2C)c1. The van der Waals surface area contributed by atoms with Crippen LogP contribution >= 0.6 is 23.1 Å². The summed E-state index contributed by atoms with van der Waals surface area (Å²) in [4.78, 5) is 16.6. The van der Waals surface area contributed by atoms with Gasteiger partial charge in [-0.2, -0.15) is 0 Å². The van der Waals surface area contributed by atoms with E-state index in [2.05, 4.69) is 20.5 Å². The van der Waals surface area contributed by atoms with E-state index in [-0.39, 0.29) is 11.7 Å². The standard InChI is InChI=1S/C21H17F2N5OS2/c1-12-4-3-5-14(8-12)19-26-27-21(28(19)2)31-11-18(29)25-20-24-17(10-30-20)13-6-7-15(22)16(23)9-13/h3-10H,11H2,1-2H3,(H,24,25,29). The van der Waals surface area contributed by atoms with Crippen molar-refractivity contribution in [3.8, 4) is 22.6 Å². The molecule has 1 amide bonds. The maximum absolute atomic E-state index is 13.4. The lowest BCUT2D eigenvalue weighted by atomic mass is 10.1. The predicted molar refractivity (Wildman–Crippen MR) is 118 cm³/mol. The number of hydrogen-bond acceptors (Lipinski definition) is 6. The van der Waals surface area contributed by atoms with Crippen LogP contribution in [0.25, 0.3) is 22.6 Å². The fourth-order valence-corrected chi connectivity index (χ4v) is 4.33. The summed E-state index contributed by atoms with van der Waals surface area (Å²) in [5.74, 6) is -1.26. The van der Waals surface area contributed by atoms with Gasteiger partial charge in [-0.3, -0.25) is 4.79 Å². The number of rotatable bonds is 6. The number of carbonyl (C=O) groups is 1. The number of amides is 1. The molecule has 0 aliphatic carbocycles. The van der Waals surface area contributed by atoms with Crippen molar-refractivity contribution in [3.05, 3.63) is 65.0 Å². The number of nitrogens with one attached hydrogen (secondary N) is 1. The molecule has 31 heavy (non-hydrogen) atoms. The van der Waals surface area contributed by atoms with Crippen LogP contribution in [0.2, 0.25) is 0 Å². The molecule has 0 saturated heterocycles. The van der Waals surface area contributed by atoms with Crippen LogP contribution in [0.4, 0.5) is 13.9 Å². The zero-order valence-corrected chi connectivity index (χ0v) is 18.2. The Morgan fingerprint density at radius 3 is 2.74 bits per heavy atom. The highest BCUT2D eigenvalue weighted by molar-refractivity contribution is 7.99. The van der Waals surface area contributed by atoms with Crippen molar-refractivity contribution in [1.29, 1.82) is 0 Å². The normalized spacial score (nSPS) is 11.0. The maximum atomic E-state index is 13.4. The van der Waals surface area contributed by atoms with Crippen LogP contribution in [-0.2, 0) is 11.8 Å². The number of aryl methyl sites for hydroxylation is 1. The summed E-state index contributed by atoms with van der Waals surface area (Å²) >= 11 is 2.47. The number of aromatic nitrogens is 4. The molecule has 6 nitrogen and oxygen atoms in total. The molecule has 1 N–H and O–H groups in total. The highest BCUT2D eigenvalue weighted by atomic mass is 32.2. The summed E-state index contributed by atoms with van der Waals surface area (Å²) in [5.41, 5.74) is 2.98. The van der Waals surface area contributed by atoms with E-state index in [1.165, 1.54) is 29.2 Å². The van der Waals surface area contributed by atoms with Crippen molar-refractivity contribution >= 4 is 34.1 Å². The lowest BCUT2D eigenvalue weighted by Gasteiger charge is -2.05. The number of hydrogen-bond donors (Lipinski definition) is 1. The van der Waals surface area contributed by atoms with Crippen LogP contribution in [0.5, 0.6) is 0 Å². The fourth-order valence-electron chi connectivity index (χ4n) is 2.88. The summed E-state index contributed by atoms with van der Waals surface area (Å²) in [6.45, 7) is 2.01.